The third kappa shape index (κ3) is 4.81. The lowest BCUT2D eigenvalue weighted by molar-refractivity contribution is -0.137. The molecule has 1 aromatic heterocycles. The highest BCUT2D eigenvalue weighted by Crippen LogP contribution is 2.31. The Bertz CT molecular complexity index is 698. The third-order valence-electron chi connectivity index (χ3n) is 3.52. The Morgan fingerprint density at radius 3 is 2.62 bits per heavy atom. The average molecular weight is 341 g/mol. The first kappa shape index (κ1) is 18.0. The summed E-state index contributed by atoms with van der Waals surface area (Å²) in [5.74, 6) is 0.140. The summed E-state index contributed by atoms with van der Waals surface area (Å²) in [5.41, 5.74) is -0.253. The molecule has 1 amide bonds. The van der Waals surface area contributed by atoms with Gasteiger partial charge in [0, 0.05) is 12.8 Å². The molecule has 5 nitrogen and oxygen atoms in total. The van der Waals surface area contributed by atoms with Crippen LogP contribution in [0.2, 0.25) is 0 Å². The highest BCUT2D eigenvalue weighted by Gasteiger charge is 2.30. The predicted octanol–water partition coefficient (Wildman–Crippen LogP) is 3.46. The van der Waals surface area contributed by atoms with Crippen LogP contribution in [-0.4, -0.2) is 16.1 Å². The van der Waals surface area contributed by atoms with Crippen molar-refractivity contribution in [3.63, 3.8) is 0 Å². The fourth-order valence-corrected chi connectivity index (χ4v) is 2.17. The molecule has 2 rings (SSSR count). The quantitative estimate of drug-likeness (QED) is 0.874. The van der Waals surface area contributed by atoms with Crippen molar-refractivity contribution in [2.75, 3.05) is 0 Å². The number of aryl methyl sites for hydroxylation is 1. The molecule has 8 heteroatoms. The summed E-state index contributed by atoms with van der Waals surface area (Å²) in [4.78, 5) is 11.9. The van der Waals surface area contributed by atoms with Gasteiger partial charge in [-0.3, -0.25) is 4.79 Å². The number of benzene rings is 1. The van der Waals surface area contributed by atoms with Gasteiger partial charge in [0.15, 0.2) is 0 Å². The summed E-state index contributed by atoms with van der Waals surface area (Å²) in [7, 11) is 0. The number of hydrogen-bond donors (Lipinski definition) is 1. The molecule has 1 aromatic carbocycles. The van der Waals surface area contributed by atoms with Gasteiger partial charge in [-0.1, -0.05) is 32.0 Å². The molecule has 130 valence electrons. The van der Waals surface area contributed by atoms with Crippen molar-refractivity contribution in [1.82, 2.24) is 15.5 Å². The molecule has 1 atom stereocenters. The van der Waals surface area contributed by atoms with Gasteiger partial charge >= 0.3 is 6.18 Å². The minimum absolute atomic E-state index is 0.0656. The highest BCUT2D eigenvalue weighted by atomic mass is 19.4. The second-order valence-electron chi connectivity index (χ2n) is 5.45. The molecule has 0 aliphatic carbocycles. The Labute approximate surface area is 137 Å². The maximum Gasteiger partial charge on any atom is 0.416 e. The van der Waals surface area contributed by atoms with Crippen LogP contribution in [0.3, 0.4) is 0 Å². The van der Waals surface area contributed by atoms with E-state index < -0.39 is 11.7 Å². The van der Waals surface area contributed by atoms with E-state index in [9.17, 15) is 18.0 Å². The van der Waals surface area contributed by atoms with E-state index >= 15 is 0 Å². The Balaban J connectivity index is 1.91. The van der Waals surface area contributed by atoms with Crippen LogP contribution in [0, 0.1) is 0 Å². The SMILES string of the molecule is CCc1nnc(CNC(=O)C[C@H](C)c2cccc(C(F)(F)F)c2)o1. The van der Waals surface area contributed by atoms with Crippen molar-refractivity contribution < 1.29 is 22.4 Å². The largest absolute Gasteiger partial charge is 0.423 e. The lowest BCUT2D eigenvalue weighted by atomic mass is 9.95. The van der Waals surface area contributed by atoms with E-state index in [1.165, 1.54) is 6.07 Å². The van der Waals surface area contributed by atoms with Crippen molar-refractivity contribution in [1.29, 1.82) is 0 Å². The Morgan fingerprint density at radius 2 is 2.00 bits per heavy atom. The number of carbonyl (C=O) groups is 1. The lowest BCUT2D eigenvalue weighted by Gasteiger charge is -2.14. The topological polar surface area (TPSA) is 68.0 Å². The second kappa shape index (κ2) is 7.46. The summed E-state index contributed by atoms with van der Waals surface area (Å²) in [6, 6.07) is 5.01. The van der Waals surface area contributed by atoms with Crippen LogP contribution in [-0.2, 0) is 23.9 Å². The van der Waals surface area contributed by atoms with Crippen LogP contribution in [0.4, 0.5) is 13.2 Å². The molecule has 0 saturated carbocycles. The molecule has 0 saturated heterocycles. The average Bonchev–Trinajstić information content (AvgIpc) is 3.00. The molecule has 0 radical (unpaired) electrons. The molecule has 1 N–H and O–H groups in total. The smallest absolute Gasteiger partial charge is 0.416 e. The number of carbonyl (C=O) groups excluding carboxylic acids is 1. The molecule has 0 aliphatic heterocycles. The molecule has 0 spiro atoms. The number of alkyl halides is 3. The van der Waals surface area contributed by atoms with Gasteiger partial charge in [-0.15, -0.1) is 10.2 Å². The van der Waals surface area contributed by atoms with Crippen LogP contribution in [0.5, 0.6) is 0 Å². The van der Waals surface area contributed by atoms with Crippen molar-refractivity contribution in [2.45, 2.75) is 45.3 Å². The first-order valence-electron chi connectivity index (χ1n) is 7.54. The molecule has 2 aromatic rings. The molecular formula is C16H18F3N3O2. The fraction of sp³-hybridized carbons (Fsp3) is 0.438. The molecular weight excluding hydrogens is 323 g/mol. The van der Waals surface area contributed by atoms with Gasteiger partial charge in [0.05, 0.1) is 12.1 Å². The van der Waals surface area contributed by atoms with Crippen molar-refractivity contribution in [2.24, 2.45) is 0 Å². The molecule has 1 heterocycles. The summed E-state index contributed by atoms with van der Waals surface area (Å²) < 4.78 is 43.5. The van der Waals surface area contributed by atoms with Gasteiger partial charge in [0.2, 0.25) is 17.7 Å². The Morgan fingerprint density at radius 1 is 1.29 bits per heavy atom. The summed E-state index contributed by atoms with van der Waals surface area (Å²) in [6.45, 7) is 3.67. The van der Waals surface area contributed by atoms with Crippen LogP contribution >= 0.6 is 0 Å². The van der Waals surface area contributed by atoms with Gasteiger partial charge in [-0.2, -0.15) is 13.2 Å². The molecule has 24 heavy (non-hydrogen) atoms. The first-order valence-corrected chi connectivity index (χ1v) is 7.54. The number of nitrogens with one attached hydrogen (secondary N) is 1. The van der Waals surface area contributed by atoms with Gasteiger partial charge in [0.25, 0.3) is 0 Å². The van der Waals surface area contributed by atoms with Crippen molar-refractivity contribution in [3.05, 3.63) is 47.2 Å². The zero-order chi connectivity index (χ0) is 17.7. The Kier molecular flexibility index (Phi) is 5.58. The number of rotatable bonds is 6. The van der Waals surface area contributed by atoms with Gasteiger partial charge in [-0.05, 0) is 17.5 Å². The molecule has 0 aliphatic rings. The predicted molar refractivity (Wildman–Crippen MR) is 80.0 cm³/mol. The van der Waals surface area contributed by atoms with Crippen molar-refractivity contribution >= 4 is 5.91 Å². The number of hydrogen-bond acceptors (Lipinski definition) is 4. The van der Waals surface area contributed by atoms with E-state index in [2.05, 4.69) is 15.5 Å². The zero-order valence-electron chi connectivity index (χ0n) is 13.4. The molecule has 0 bridgehead atoms. The van der Waals surface area contributed by atoms with Crippen molar-refractivity contribution in [3.8, 4) is 0 Å². The van der Waals surface area contributed by atoms with E-state index in [1.54, 1.807) is 13.0 Å². The monoisotopic (exact) mass is 341 g/mol. The maximum absolute atomic E-state index is 12.7. The number of aromatic nitrogens is 2. The summed E-state index contributed by atoms with van der Waals surface area (Å²) in [6.07, 6.45) is -3.73. The second-order valence-corrected chi connectivity index (χ2v) is 5.45. The third-order valence-corrected chi connectivity index (χ3v) is 3.52. The maximum atomic E-state index is 12.7. The van der Waals surface area contributed by atoms with E-state index in [4.69, 9.17) is 4.42 Å². The standard InChI is InChI=1S/C16H18F3N3O2/c1-3-14-21-22-15(24-14)9-20-13(23)7-10(2)11-5-4-6-12(8-11)16(17,18)19/h4-6,8,10H,3,7,9H2,1-2H3,(H,20,23)/t10-/m0/s1. The number of nitrogens with zero attached hydrogens (tertiary/aromatic N) is 2. The van der Waals surface area contributed by atoms with Gasteiger partial charge < -0.3 is 9.73 Å². The normalized spacial score (nSPS) is 12.9. The van der Waals surface area contributed by atoms with Gasteiger partial charge in [-0.25, -0.2) is 0 Å². The highest BCUT2D eigenvalue weighted by molar-refractivity contribution is 5.76. The fourth-order valence-electron chi connectivity index (χ4n) is 2.17. The zero-order valence-corrected chi connectivity index (χ0v) is 13.4. The molecule has 0 unspecified atom stereocenters. The summed E-state index contributed by atoms with van der Waals surface area (Å²) in [5, 5.41) is 10.2. The van der Waals surface area contributed by atoms with E-state index in [0.717, 1.165) is 12.1 Å². The molecule has 0 fully saturated rings. The summed E-state index contributed by atoms with van der Waals surface area (Å²) >= 11 is 0. The van der Waals surface area contributed by atoms with Crippen LogP contribution in [0.1, 0.15) is 49.1 Å². The Hall–Kier alpha value is -2.38. The minimum Gasteiger partial charge on any atom is -0.423 e. The van der Waals surface area contributed by atoms with E-state index in [0.29, 0.717) is 23.8 Å². The van der Waals surface area contributed by atoms with E-state index in [-0.39, 0.29) is 24.8 Å². The van der Waals surface area contributed by atoms with Crippen LogP contribution in [0.15, 0.2) is 28.7 Å². The number of halogens is 3. The van der Waals surface area contributed by atoms with Crippen LogP contribution < -0.4 is 5.32 Å². The lowest BCUT2D eigenvalue weighted by Crippen LogP contribution is -2.24. The first-order chi connectivity index (χ1) is 11.3. The van der Waals surface area contributed by atoms with Crippen LogP contribution in [0.25, 0.3) is 0 Å². The minimum atomic E-state index is -4.40. The van der Waals surface area contributed by atoms with E-state index in [1.807, 2.05) is 6.92 Å². The van der Waals surface area contributed by atoms with Gasteiger partial charge in [0.1, 0.15) is 0 Å². The number of amides is 1.